The highest BCUT2D eigenvalue weighted by atomic mass is 79.9. The quantitative estimate of drug-likeness (QED) is 0.437. The van der Waals surface area contributed by atoms with Gasteiger partial charge in [0.2, 0.25) is 11.7 Å². The molecule has 4 aromatic rings. The number of benzene rings is 2. The fraction of sp³-hybridized carbons (Fsp3) is 0.136. The number of hydrogen-bond acceptors (Lipinski definition) is 4. The van der Waals surface area contributed by atoms with Crippen molar-refractivity contribution in [2.24, 2.45) is 0 Å². The summed E-state index contributed by atoms with van der Waals surface area (Å²) in [6, 6.07) is 16.1. The molecule has 0 fully saturated rings. The molecule has 2 aromatic carbocycles. The van der Waals surface area contributed by atoms with E-state index in [-0.39, 0.29) is 18.3 Å². The number of carbonyl (C=O) groups excluding carboxylic acids is 1. The lowest BCUT2D eigenvalue weighted by molar-refractivity contribution is -0.119. The topological polar surface area (TPSA) is 64.2 Å². The first kappa shape index (κ1) is 18.7. The third-order valence-corrected chi connectivity index (χ3v) is 5.75. The number of aromatic nitrogens is 3. The van der Waals surface area contributed by atoms with E-state index in [0.717, 1.165) is 12.1 Å². The summed E-state index contributed by atoms with van der Waals surface area (Å²) in [5.74, 6) is 0.279. The van der Waals surface area contributed by atoms with Gasteiger partial charge < -0.3 is 14.0 Å². The van der Waals surface area contributed by atoms with Gasteiger partial charge in [-0.15, -0.1) is 0 Å². The Hall–Kier alpha value is -3.26. The maximum absolute atomic E-state index is 13.5. The highest BCUT2D eigenvalue weighted by Gasteiger charge is 2.25. The average molecular weight is 467 g/mol. The molecule has 0 spiro atoms. The summed E-state index contributed by atoms with van der Waals surface area (Å²) >= 11 is 3.16. The molecule has 6 nitrogen and oxygen atoms in total. The molecule has 3 heterocycles. The van der Waals surface area contributed by atoms with Crippen LogP contribution in [-0.4, -0.2) is 27.2 Å². The second-order valence-electron chi connectivity index (χ2n) is 7.00. The lowest BCUT2D eigenvalue weighted by Gasteiger charge is -2.18. The second-order valence-corrected chi connectivity index (χ2v) is 7.85. The molecule has 0 radical (unpaired) electrons. The molecule has 150 valence electrons. The van der Waals surface area contributed by atoms with E-state index in [2.05, 4.69) is 32.1 Å². The molecular weight excluding hydrogens is 451 g/mol. The van der Waals surface area contributed by atoms with Gasteiger partial charge in [-0.05, 0) is 64.3 Å². The van der Waals surface area contributed by atoms with Crippen molar-refractivity contribution in [2.45, 2.75) is 13.0 Å². The van der Waals surface area contributed by atoms with Crippen molar-refractivity contribution < 1.29 is 13.7 Å². The predicted molar refractivity (Wildman–Crippen MR) is 113 cm³/mol. The van der Waals surface area contributed by atoms with Crippen LogP contribution in [0.3, 0.4) is 0 Å². The van der Waals surface area contributed by atoms with Gasteiger partial charge in [0.1, 0.15) is 18.1 Å². The first-order valence-corrected chi connectivity index (χ1v) is 10.2. The smallest absolute Gasteiger partial charge is 0.274 e. The SMILES string of the molecule is O=C(Cn1cccc1-c1nc(-c2ccc(F)c(Br)c2)no1)N1CCc2ccccc21. The third-order valence-electron chi connectivity index (χ3n) is 5.15. The van der Waals surface area contributed by atoms with E-state index in [1.165, 1.54) is 11.6 Å². The number of anilines is 1. The first-order chi connectivity index (χ1) is 14.6. The van der Waals surface area contributed by atoms with Crippen LogP contribution in [0.4, 0.5) is 10.1 Å². The van der Waals surface area contributed by atoms with Gasteiger partial charge in [-0.2, -0.15) is 4.98 Å². The summed E-state index contributed by atoms with van der Waals surface area (Å²) in [5, 5.41) is 4.00. The number of nitrogens with zero attached hydrogens (tertiary/aromatic N) is 4. The van der Waals surface area contributed by atoms with Gasteiger partial charge in [-0.3, -0.25) is 4.79 Å². The minimum absolute atomic E-state index is 0.000367. The molecule has 0 saturated heterocycles. The molecule has 0 atom stereocenters. The Kier molecular flexibility index (Phi) is 4.71. The fourth-order valence-electron chi connectivity index (χ4n) is 3.65. The van der Waals surface area contributed by atoms with E-state index in [1.807, 2.05) is 41.4 Å². The largest absolute Gasteiger partial charge is 0.334 e. The molecule has 30 heavy (non-hydrogen) atoms. The van der Waals surface area contributed by atoms with Gasteiger partial charge in [-0.25, -0.2) is 4.39 Å². The second kappa shape index (κ2) is 7.53. The third kappa shape index (κ3) is 3.33. The van der Waals surface area contributed by atoms with E-state index in [9.17, 15) is 9.18 Å². The first-order valence-electron chi connectivity index (χ1n) is 9.43. The standard InChI is InChI=1S/C22H16BrFN4O2/c23-16-12-15(7-8-17(16)24)21-25-22(30-26-21)19-6-3-10-27(19)13-20(29)28-11-9-14-4-1-2-5-18(14)28/h1-8,10,12H,9,11,13H2. The summed E-state index contributed by atoms with van der Waals surface area (Å²) in [4.78, 5) is 19.2. The van der Waals surface area contributed by atoms with Crippen LogP contribution in [0.5, 0.6) is 0 Å². The van der Waals surface area contributed by atoms with Crippen molar-refractivity contribution in [2.75, 3.05) is 11.4 Å². The Morgan fingerprint density at radius 2 is 2.03 bits per heavy atom. The van der Waals surface area contributed by atoms with Gasteiger partial charge in [-0.1, -0.05) is 23.4 Å². The zero-order valence-electron chi connectivity index (χ0n) is 15.8. The van der Waals surface area contributed by atoms with Gasteiger partial charge in [0.25, 0.3) is 5.89 Å². The van der Waals surface area contributed by atoms with Crippen molar-refractivity contribution in [1.29, 1.82) is 0 Å². The van der Waals surface area contributed by atoms with Crippen LogP contribution in [0.15, 0.2) is 69.8 Å². The van der Waals surface area contributed by atoms with Crippen LogP contribution in [0, 0.1) is 5.82 Å². The van der Waals surface area contributed by atoms with Crippen molar-refractivity contribution >= 4 is 27.5 Å². The zero-order chi connectivity index (χ0) is 20.7. The van der Waals surface area contributed by atoms with Crippen LogP contribution in [0.1, 0.15) is 5.56 Å². The van der Waals surface area contributed by atoms with Crippen LogP contribution in [-0.2, 0) is 17.8 Å². The van der Waals surface area contributed by atoms with Crippen molar-refractivity contribution in [3.63, 3.8) is 0 Å². The Balaban J connectivity index is 1.39. The van der Waals surface area contributed by atoms with Crippen LogP contribution >= 0.6 is 15.9 Å². The molecule has 0 bridgehead atoms. The Morgan fingerprint density at radius 3 is 2.90 bits per heavy atom. The van der Waals surface area contributed by atoms with Crippen molar-refractivity contribution in [3.8, 4) is 23.0 Å². The number of para-hydroxylation sites is 1. The Morgan fingerprint density at radius 1 is 1.17 bits per heavy atom. The molecule has 0 aliphatic carbocycles. The lowest BCUT2D eigenvalue weighted by Crippen LogP contribution is -2.32. The molecule has 0 unspecified atom stereocenters. The maximum atomic E-state index is 13.5. The van der Waals surface area contributed by atoms with Crippen molar-refractivity contribution in [3.05, 3.63) is 76.6 Å². The molecule has 1 aliphatic heterocycles. The van der Waals surface area contributed by atoms with E-state index in [0.29, 0.717) is 34.0 Å². The van der Waals surface area contributed by atoms with Crippen LogP contribution in [0.2, 0.25) is 0 Å². The molecule has 0 saturated carbocycles. The summed E-state index contributed by atoms with van der Waals surface area (Å²) in [5.41, 5.74) is 3.43. The molecular formula is C22H16BrFN4O2. The molecule has 1 aliphatic rings. The fourth-order valence-corrected chi connectivity index (χ4v) is 4.03. The summed E-state index contributed by atoms with van der Waals surface area (Å²) < 4.78 is 21.0. The highest BCUT2D eigenvalue weighted by Crippen LogP contribution is 2.29. The molecule has 8 heteroatoms. The predicted octanol–water partition coefficient (Wildman–Crippen LogP) is 4.70. The number of fused-ring (bicyclic) bond motifs is 1. The number of halogens is 2. The monoisotopic (exact) mass is 466 g/mol. The van der Waals surface area contributed by atoms with Crippen LogP contribution in [0.25, 0.3) is 23.0 Å². The zero-order valence-corrected chi connectivity index (χ0v) is 17.3. The minimum Gasteiger partial charge on any atom is -0.334 e. The summed E-state index contributed by atoms with van der Waals surface area (Å²) in [6.07, 6.45) is 2.67. The maximum Gasteiger partial charge on any atom is 0.274 e. The van der Waals surface area contributed by atoms with E-state index in [1.54, 1.807) is 16.7 Å². The average Bonchev–Trinajstić information content (AvgIpc) is 3.48. The number of rotatable bonds is 4. The molecule has 2 aromatic heterocycles. The highest BCUT2D eigenvalue weighted by molar-refractivity contribution is 9.10. The van der Waals surface area contributed by atoms with Gasteiger partial charge >= 0.3 is 0 Å². The normalized spacial score (nSPS) is 12.9. The van der Waals surface area contributed by atoms with E-state index < -0.39 is 0 Å². The Bertz CT molecular complexity index is 1250. The van der Waals surface area contributed by atoms with Gasteiger partial charge in [0, 0.05) is 24.0 Å². The summed E-state index contributed by atoms with van der Waals surface area (Å²) in [7, 11) is 0. The molecule has 1 amide bonds. The lowest BCUT2D eigenvalue weighted by atomic mass is 10.2. The number of carbonyl (C=O) groups is 1. The van der Waals surface area contributed by atoms with E-state index >= 15 is 0 Å². The summed E-state index contributed by atoms with van der Waals surface area (Å²) in [6.45, 7) is 0.843. The van der Waals surface area contributed by atoms with Gasteiger partial charge in [0.05, 0.1) is 4.47 Å². The number of hydrogen-bond donors (Lipinski definition) is 0. The van der Waals surface area contributed by atoms with Crippen LogP contribution < -0.4 is 4.90 Å². The van der Waals surface area contributed by atoms with E-state index in [4.69, 9.17) is 4.52 Å². The Labute approximate surface area is 180 Å². The van der Waals surface area contributed by atoms with Gasteiger partial charge in [0.15, 0.2) is 0 Å². The molecule has 5 rings (SSSR count). The molecule has 0 N–H and O–H groups in total. The van der Waals surface area contributed by atoms with Crippen molar-refractivity contribution in [1.82, 2.24) is 14.7 Å². The number of amides is 1. The minimum atomic E-state index is -0.363.